The zero-order valence-electron chi connectivity index (χ0n) is 13.3. The van der Waals surface area contributed by atoms with Gasteiger partial charge < -0.3 is 10.4 Å². The molecule has 1 amide bonds. The van der Waals surface area contributed by atoms with Crippen LogP contribution >= 0.6 is 0 Å². The first-order valence-electron chi connectivity index (χ1n) is 7.49. The number of aromatic amines is 1. The number of H-pyrrole nitrogens is 1. The number of amides is 1. The van der Waals surface area contributed by atoms with E-state index in [1.165, 1.54) is 0 Å². The fraction of sp³-hybridized carbons (Fsp3) is 0.412. The van der Waals surface area contributed by atoms with Crippen molar-refractivity contribution in [2.45, 2.75) is 39.7 Å². The first-order valence-corrected chi connectivity index (χ1v) is 7.49. The topological polar surface area (TPSA) is 78.0 Å². The number of carbonyl (C=O) groups excluding carboxylic acids is 1. The molecule has 1 atom stereocenters. The zero-order valence-corrected chi connectivity index (χ0v) is 13.3. The summed E-state index contributed by atoms with van der Waals surface area (Å²) in [4.78, 5) is 11.9. The standard InChI is InChI=1S/C17H23N3O2/c1-11-4-6-14(7-5-11)16(21)10-18-17(22)9-8-15-12(2)19-20-13(15)3/h4-7,16,21H,8-10H2,1-3H3,(H,18,22)(H,19,20). The van der Waals surface area contributed by atoms with Crippen LogP contribution in [0.25, 0.3) is 0 Å². The van der Waals surface area contributed by atoms with Gasteiger partial charge in [0.15, 0.2) is 0 Å². The van der Waals surface area contributed by atoms with Crippen LogP contribution in [0.3, 0.4) is 0 Å². The van der Waals surface area contributed by atoms with Crippen LogP contribution in [0.2, 0.25) is 0 Å². The van der Waals surface area contributed by atoms with Gasteiger partial charge in [-0.2, -0.15) is 5.10 Å². The molecular weight excluding hydrogens is 278 g/mol. The molecule has 0 bridgehead atoms. The molecule has 118 valence electrons. The predicted octanol–water partition coefficient (Wildman–Crippen LogP) is 2.12. The smallest absolute Gasteiger partial charge is 0.220 e. The maximum atomic E-state index is 11.9. The Bertz CT molecular complexity index is 612. The van der Waals surface area contributed by atoms with Gasteiger partial charge in [-0.15, -0.1) is 0 Å². The number of aliphatic hydroxyl groups is 1. The number of hydrogen-bond donors (Lipinski definition) is 3. The fourth-order valence-corrected chi connectivity index (χ4v) is 2.39. The van der Waals surface area contributed by atoms with Crippen LogP contribution in [0.4, 0.5) is 0 Å². The number of carbonyl (C=O) groups is 1. The molecule has 0 fully saturated rings. The van der Waals surface area contributed by atoms with Gasteiger partial charge in [0.25, 0.3) is 0 Å². The van der Waals surface area contributed by atoms with Crippen LogP contribution in [-0.4, -0.2) is 27.8 Å². The van der Waals surface area contributed by atoms with Gasteiger partial charge in [0.2, 0.25) is 5.91 Å². The number of hydrogen-bond acceptors (Lipinski definition) is 3. The highest BCUT2D eigenvalue weighted by Crippen LogP contribution is 2.14. The van der Waals surface area contributed by atoms with E-state index in [2.05, 4.69) is 15.5 Å². The lowest BCUT2D eigenvalue weighted by molar-refractivity contribution is -0.121. The second-order valence-electron chi connectivity index (χ2n) is 5.64. The molecule has 22 heavy (non-hydrogen) atoms. The van der Waals surface area contributed by atoms with Gasteiger partial charge in [-0.05, 0) is 38.3 Å². The molecule has 0 spiro atoms. The van der Waals surface area contributed by atoms with E-state index in [0.29, 0.717) is 12.8 Å². The molecule has 0 saturated heterocycles. The Labute approximate surface area is 130 Å². The Morgan fingerprint density at radius 1 is 1.27 bits per heavy atom. The Morgan fingerprint density at radius 2 is 1.95 bits per heavy atom. The molecule has 1 unspecified atom stereocenters. The predicted molar refractivity (Wildman–Crippen MR) is 85.5 cm³/mol. The molecule has 2 rings (SSSR count). The molecule has 0 saturated carbocycles. The lowest BCUT2D eigenvalue weighted by atomic mass is 10.1. The molecule has 3 N–H and O–H groups in total. The lowest BCUT2D eigenvalue weighted by Gasteiger charge is -2.12. The van der Waals surface area contributed by atoms with E-state index in [9.17, 15) is 9.90 Å². The maximum absolute atomic E-state index is 11.9. The van der Waals surface area contributed by atoms with Crippen LogP contribution in [0.1, 0.15) is 40.6 Å². The number of nitrogens with one attached hydrogen (secondary N) is 2. The van der Waals surface area contributed by atoms with Gasteiger partial charge in [-0.1, -0.05) is 29.8 Å². The number of nitrogens with zero attached hydrogens (tertiary/aromatic N) is 1. The summed E-state index contributed by atoms with van der Waals surface area (Å²) < 4.78 is 0. The molecule has 0 aliphatic carbocycles. The fourth-order valence-electron chi connectivity index (χ4n) is 2.39. The van der Waals surface area contributed by atoms with Crippen molar-refractivity contribution in [1.29, 1.82) is 0 Å². The molecule has 5 nitrogen and oxygen atoms in total. The van der Waals surface area contributed by atoms with Gasteiger partial charge in [0.1, 0.15) is 0 Å². The highest BCUT2D eigenvalue weighted by Gasteiger charge is 2.11. The normalized spacial score (nSPS) is 12.2. The van der Waals surface area contributed by atoms with Crippen LogP contribution in [0.5, 0.6) is 0 Å². The average molecular weight is 301 g/mol. The summed E-state index contributed by atoms with van der Waals surface area (Å²) in [5, 5.41) is 19.9. The van der Waals surface area contributed by atoms with Crippen LogP contribution < -0.4 is 5.32 Å². The Morgan fingerprint density at radius 3 is 2.55 bits per heavy atom. The Balaban J connectivity index is 1.79. The maximum Gasteiger partial charge on any atom is 0.220 e. The summed E-state index contributed by atoms with van der Waals surface area (Å²) in [6.07, 6.45) is 0.365. The van der Waals surface area contributed by atoms with E-state index in [1.807, 2.05) is 45.0 Å². The van der Waals surface area contributed by atoms with Gasteiger partial charge in [0, 0.05) is 18.7 Å². The monoisotopic (exact) mass is 301 g/mol. The summed E-state index contributed by atoms with van der Waals surface area (Å²) in [5.41, 5.74) is 4.99. The summed E-state index contributed by atoms with van der Waals surface area (Å²) in [7, 11) is 0. The Kier molecular flexibility index (Phi) is 5.33. The molecule has 0 aliphatic heterocycles. The number of benzene rings is 1. The van der Waals surface area contributed by atoms with Crippen molar-refractivity contribution >= 4 is 5.91 Å². The third-order valence-electron chi connectivity index (χ3n) is 3.84. The van der Waals surface area contributed by atoms with Crippen molar-refractivity contribution in [3.05, 3.63) is 52.3 Å². The highest BCUT2D eigenvalue weighted by molar-refractivity contribution is 5.76. The van der Waals surface area contributed by atoms with E-state index >= 15 is 0 Å². The number of aliphatic hydroxyl groups excluding tert-OH is 1. The van der Waals surface area contributed by atoms with E-state index < -0.39 is 6.10 Å². The minimum absolute atomic E-state index is 0.0637. The molecule has 5 heteroatoms. The molecule has 2 aromatic rings. The summed E-state index contributed by atoms with van der Waals surface area (Å²) in [6, 6.07) is 7.66. The quantitative estimate of drug-likeness (QED) is 0.764. The van der Waals surface area contributed by atoms with Crippen LogP contribution in [0.15, 0.2) is 24.3 Å². The number of rotatable bonds is 6. The minimum atomic E-state index is -0.679. The highest BCUT2D eigenvalue weighted by atomic mass is 16.3. The van der Waals surface area contributed by atoms with E-state index in [4.69, 9.17) is 0 Å². The summed E-state index contributed by atoms with van der Waals surface area (Å²) in [6.45, 7) is 6.11. The van der Waals surface area contributed by atoms with Crippen molar-refractivity contribution < 1.29 is 9.90 Å². The van der Waals surface area contributed by atoms with Gasteiger partial charge >= 0.3 is 0 Å². The average Bonchev–Trinajstić information content (AvgIpc) is 2.82. The zero-order chi connectivity index (χ0) is 16.1. The first kappa shape index (κ1) is 16.2. The van der Waals surface area contributed by atoms with Gasteiger partial charge in [-0.3, -0.25) is 9.89 Å². The van der Waals surface area contributed by atoms with Crippen LogP contribution in [0, 0.1) is 20.8 Å². The van der Waals surface area contributed by atoms with E-state index in [0.717, 1.165) is 28.1 Å². The summed E-state index contributed by atoms with van der Waals surface area (Å²) in [5.74, 6) is -0.0637. The molecule has 1 aromatic carbocycles. The van der Waals surface area contributed by atoms with Gasteiger partial charge in [-0.25, -0.2) is 0 Å². The second-order valence-corrected chi connectivity index (χ2v) is 5.64. The third-order valence-corrected chi connectivity index (χ3v) is 3.84. The molecule has 1 aromatic heterocycles. The van der Waals surface area contributed by atoms with Crippen molar-refractivity contribution in [3.63, 3.8) is 0 Å². The SMILES string of the molecule is Cc1ccc(C(O)CNC(=O)CCc2c(C)n[nH]c2C)cc1. The van der Waals surface area contributed by atoms with Gasteiger partial charge in [0.05, 0.1) is 11.8 Å². The van der Waals surface area contributed by atoms with Crippen molar-refractivity contribution in [2.75, 3.05) is 6.54 Å². The molecule has 0 radical (unpaired) electrons. The third kappa shape index (κ3) is 4.18. The minimum Gasteiger partial charge on any atom is -0.387 e. The van der Waals surface area contributed by atoms with Crippen molar-refractivity contribution in [2.24, 2.45) is 0 Å². The van der Waals surface area contributed by atoms with Crippen molar-refractivity contribution in [1.82, 2.24) is 15.5 Å². The van der Waals surface area contributed by atoms with E-state index in [-0.39, 0.29) is 12.5 Å². The summed E-state index contributed by atoms with van der Waals surface area (Å²) >= 11 is 0. The molecule has 1 heterocycles. The Hall–Kier alpha value is -2.14. The molecule has 0 aliphatic rings. The van der Waals surface area contributed by atoms with E-state index in [1.54, 1.807) is 0 Å². The first-order chi connectivity index (χ1) is 10.5. The lowest BCUT2D eigenvalue weighted by Crippen LogP contribution is -2.28. The largest absolute Gasteiger partial charge is 0.387 e. The number of aromatic nitrogens is 2. The number of aryl methyl sites for hydroxylation is 3. The van der Waals surface area contributed by atoms with Crippen molar-refractivity contribution in [3.8, 4) is 0 Å². The van der Waals surface area contributed by atoms with Crippen LogP contribution in [-0.2, 0) is 11.2 Å². The molecular formula is C17H23N3O2. The second kappa shape index (κ2) is 7.22.